The second-order valence-electron chi connectivity index (χ2n) is 4.96. The molecule has 0 aliphatic rings. The number of hydrogen-bond donors (Lipinski definition) is 2. The van der Waals surface area contributed by atoms with Crippen molar-refractivity contribution in [2.24, 2.45) is 5.73 Å². The maximum atomic E-state index is 13.2. The van der Waals surface area contributed by atoms with Crippen LogP contribution in [0.4, 0.5) is 15.8 Å². The number of halogens is 1. The van der Waals surface area contributed by atoms with E-state index in [1.54, 1.807) is 24.3 Å². The predicted molar refractivity (Wildman–Crippen MR) is 93.5 cm³/mol. The summed E-state index contributed by atoms with van der Waals surface area (Å²) in [6.45, 7) is -0.556. The van der Waals surface area contributed by atoms with E-state index in [2.05, 4.69) is 5.32 Å². The van der Waals surface area contributed by atoms with Crippen LogP contribution in [-0.4, -0.2) is 29.1 Å². The highest BCUT2D eigenvalue weighted by Crippen LogP contribution is 2.28. The summed E-state index contributed by atoms with van der Waals surface area (Å²) in [5, 5.41) is 13.5. The molecular weight excluding hydrogens is 365 g/mol. The molecule has 0 radical (unpaired) electrons. The molecule has 0 aliphatic carbocycles. The second kappa shape index (κ2) is 8.81. The Kier molecular flexibility index (Phi) is 6.50. The number of thioether (sulfide) groups is 1. The Labute approximate surface area is 151 Å². The van der Waals surface area contributed by atoms with E-state index < -0.39 is 34.8 Å². The van der Waals surface area contributed by atoms with E-state index >= 15 is 0 Å². The van der Waals surface area contributed by atoms with Gasteiger partial charge in [-0.15, -0.1) is 11.8 Å². The average molecular weight is 379 g/mol. The normalized spacial score (nSPS) is 10.2. The number of nitrogens with two attached hydrogens (primary N) is 1. The molecule has 8 nitrogen and oxygen atoms in total. The first-order valence-corrected chi connectivity index (χ1v) is 8.22. The van der Waals surface area contributed by atoms with Crippen molar-refractivity contribution in [3.05, 3.63) is 58.4 Å². The van der Waals surface area contributed by atoms with Crippen LogP contribution in [0.1, 0.15) is 0 Å². The molecule has 10 heteroatoms. The summed E-state index contributed by atoms with van der Waals surface area (Å²) >= 11 is 1.15. The van der Waals surface area contributed by atoms with Crippen molar-refractivity contribution in [3.63, 3.8) is 0 Å². The smallest absolute Gasteiger partial charge is 0.311 e. The molecule has 0 aliphatic heterocycles. The number of rotatable bonds is 8. The van der Waals surface area contributed by atoms with Crippen LogP contribution >= 0.6 is 11.8 Å². The van der Waals surface area contributed by atoms with Gasteiger partial charge < -0.3 is 15.8 Å². The van der Waals surface area contributed by atoms with Crippen LogP contribution in [0.5, 0.6) is 5.75 Å². The standard InChI is InChI=1S/C16H14FN3O5S/c17-10-5-6-12(20(23)24)13(7-10)25-8-16(22)19-11-3-1-2-4-14(11)26-9-15(18)21/h1-7H,8-9H2,(H2,18,21)(H,19,22). The molecule has 2 rings (SSSR count). The predicted octanol–water partition coefficient (Wildman–Crippen LogP) is 2.33. The quantitative estimate of drug-likeness (QED) is 0.412. The summed E-state index contributed by atoms with van der Waals surface area (Å²) in [7, 11) is 0. The van der Waals surface area contributed by atoms with Gasteiger partial charge in [-0.2, -0.15) is 0 Å². The van der Waals surface area contributed by atoms with Gasteiger partial charge in [0, 0.05) is 17.0 Å². The van der Waals surface area contributed by atoms with Gasteiger partial charge in [-0.05, 0) is 18.2 Å². The summed E-state index contributed by atoms with van der Waals surface area (Å²) in [6, 6.07) is 9.44. The van der Waals surface area contributed by atoms with E-state index in [-0.39, 0.29) is 11.5 Å². The number of nitro groups is 1. The van der Waals surface area contributed by atoms with Crippen LogP contribution < -0.4 is 15.8 Å². The Morgan fingerprint density at radius 1 is 1.27 bits per heavy atom. The maximum absolute atomic E-state index is 13.2. The van der Waals surface area contributed by atoms with Gasteiger partial charge in [-0.1, -0.05) is 12.1 Å². The van der Waals surface area contributed by atoms with Crippen molar-refractivity contribution in [1.29, 1.82) is 0 Å². The Morgan fingerprint density at radius 3 is 2.69 bits per heavy atom. The molecule has 0 aromatic heterocycles. The summed E-state index contributed by atoms with van der Waals surface area (Å²) in [6.07, 6.45) is 0. The minimum atomic E-state index is -0.734. The zero-order valence-corrected chi connectivity index (χ0v) is 14.1. The summed E-state index contributed by atoms with van der Waals surface area (Å²) in [5.41, 5.74) is 5.09. The van der Waals surface area contributed by atoms with Crippen LogP contribution in [0.2, 0.25) is 0 Å². The molecule has 2 aromatic carbocycles. The molecule has 0 atom stereocenters. The third kappa shape index (κ3) is 5.45. The minimum Gasteiger partial charge on any atom is -0.477 e. The van der Waals surface area contributed by atoms with Crippen LogP contribution in [0.25, 0.3) is 0 Å². The van der Waals surface area contributed by atoms with E-state index in [1.165, 1.54) is 0 Å². The molecule has 0 heterocycles. The number of benzene rings is 2. The van der Waals surface area contributed by atoms with Crippen molar-refractivity contribution in [2.45, 2.75) is 4.90 Å². The molecule has 136 valence electrons. The molecule has 0 saturated carbocycles. The Bertz CT molecular complexity index is 846. The molecule has 3 N–H and O–H groups in total. The number of anilines is 1. The third-order valence-electron chi connectivity index (χ3n) is 3.01. The first kappa shape index (κ1) is 19.2. The molecule has 0 bridgehead atoms. The Hall–Kier alpha value is -3.14. The number of ether oxygens (including phenoxy) is 1. The fourth-order valence-electron chi connectivity index (χ4n) is 1.93. The largest absolute Gasteiger partial charge is 0.477 e. The van der Waals surface area contributed by atoms with Gasteiger partial charge in [-0.3, -0.25) is 19.7 Å². The first-order valence-electron chi connectivity index (χ1n) is 7.23. The van der Waals surface area contributed by atoms with Gasteiger partial charge in [0.25, 0.3) is 5.91 Å². The van der Waals surface area contributed by atoms with Gasteiger partial charge in [0.15, 0.2) is 6.61 Å². The summed E-state index contributed by atoms with van der Waals surface area (Å²) in [5.74, 6) is -2.13. The average Bonchev–Trinajstić information content (AvgIpc) is 2.59. The Balaban J connectivity index is 2.03. The lowest BCUT2D eigenvalue weighted by Crippen LogP contribution is -2.21. The van der Waals surface area contributed by atoms with Crippen LogP contribution in [-0.2, 0) is 9.59 Å². The van der Waals surface area contributed by atoms with Crippen molar-refractivity contribution in [2.75, 3.05) is 17.7 Å². The van der Waals surface area contributed by atoms with Gasteiger partial charge in [0.1, 0.15) is 5.82 Å². The van der Waals surface area contributed by atoms with Crippen molar-refractivity contribution in [1.82, 2.24) is 0 Å². The number of amides is 2. The molecule has 0 saturated heterocycles. The van der Waals surface area contributed by atoms with E-state index in [9.17, 15) is 24.1 Å². The zero-order valence-electron chi connectivity index (χ0n) is 13.3. The van der Waals surface area contributed by atoms with E-state index in [0.717, 1.165) is 30.0 Å². The van der Waals surface area contributed by atoms with E-state index in [4.69, 9.17) is 10.5 Å². The molecule has 2 aromatic rings. The third-order valence-corrected chi connectivity index (χ3v) is 4.10. The van der Waals surface area contributed by atoms with Crippen molar-refractivity contribution >= 4 is 35.0 Å². The molecule has 26 heavy (non-hydrogen) atoms. The number of nitrogens with one attached hydrogen (secondary N) is 1. The van der Waals surface area contributed by atoms with Crippen LogP contribution in [0.15, 0.2) is 47.4 Å². The first-order chi connectivity index (χ1) is 12.4. The number of carbonyl (C=O) groups excluding carboxylic acids is 2. The minimum absolute atomic E-state index is 0.0405. The monoisotopic (exact) mass is 379 g/mol. The fraction of sp³-hybridized carbons (Fsp3) is 0.125. The number of carbonyl (C=O) groups is 2. The van der Waals surface area contributed by atoms with Gasteiger partial charge in [0.2, 0.25) is 11.7 Å². The van der Waals surface area contributed by atoms with Gasteiger partial charge >= 0.3 is 5.69 Å². The molecule has 0 spiro atoms. The highest BCUT2D eigenvalue weighted by atomic mass is 32.2. The topological polar surface area (TPSA) is 125 Å². The SMILES string of the molecule is NC(=O)CSc1ccccc1NC(=O)COc1cc(F)ccc1[N+](=O)[O-]. The van der Waals surface area contributed by atoms with Gasteiger partial charge in [-0.25, -0.2) is 4.39 Å². The number of hydrogen-bond acceptors (Lipinski definition) is 6. The summed E-state index contributed by atoms with van der Waals surface area (Å²) in [4.78, 5) is 33.7. The highest BCUT2D eigenvalue weighted by molar-refractivity contribution is 8.00. The molecule has 0 fully saturated rings. The van der Waals surface area contributed by atoms with Crippen molar-refractivity contribution < 1.29 is 23.6 Å². The zero-order chi connectivity index (χ0) is 19.1. The number of nitrogens with zero attached hydrogens (tertiary/aromatic N) is 1. The second-order valence-corrected chi connectivity index (χ2v) is 5.97. The van der Waals surface area contributed by atoms with Crippen LogP contribution in [0, 0.1) is 15.9 Å². The lowest BCUT2D eigenvalue weighted by molar-refractivity contribution is -0.385. The van der Waals surface area contributed by atoms with Gasteiger partial charge in [0.05, 0.1) is 16.4 Å². The van der Waals surface area contributed by atoms with E-state index in [0.29, 0.717) is 10.6 Å². The molecule has 0 unspecified atom stereocenters. The Morgan fingerprint density at radius 2 is 2.00 bits per heavy atom. The van der Waals surface area contributed by atoms with Crippen LogP contribution in [0.3, 0.4) is 0 Å². The van der Waals surface area contributed by atoms with Crippen molar-refractivity contribution in [3.8, 4) is 5.75 Å². The highest BCUT2D eigenvalue weighted by Gasteiger charge is 2.17. The lowest BCUT2D eigenvalue weighted by atomic mass is 10.3. The maximum Gasteiger partial charge on any atom is 0.311 e. The molecule has 2 amide bonds. The summed E-state index contributed by atoms with van der Waals surface area (Å²) < 4.78 is 18.3. The fourth-order valence-corrected chi connectivity index (χ4v) is 2.68. The molecular formula is C16H14FN3O5S. The number of primary amides is 1. The number of nitro benzene ring substituents is 1. The van der Waals surface area contributed by atoms with E-state index in [1.807, 2.05) is 0 Å². The number of para-hydroxylation sites is 1. The lowest BCUT2D eigenvalue weighted by Gasteiger charge is -2.11.